The van der Waals surface area contributed by atoms with Crippen LogP contribution in [0.2, 0.25) is 0 Å². The highest BCUT2D eigenvalue weighted by molar-refractivity contribution is 6.08. The molecule has 0 saturated carbocycles. The van der Waals surface area contributed by atoms with E-state index in [1.807, 2.05) is 0 Å². The number of primary amides is 1. The Hall–Kier alpha value is -3.23. The summed E-state index contributed by atoms with van der Waals surface area (Å²) in [6, 6.07) is 4.09. The molecule has 2 heterocycles. The molecule has 0 aliphatic carbocycles. The third kappa shape index (κ3) is 3.21. The zero-order valence-corrected chi connectivity index (χ0v) is 13.2. The van der Waals surface area contributed by atoms with E-state index in [2.05, 4.69) is 10.6 Å². The fraction of sp³-hybridized carbons (Fsp3) is 0.312. The molecule has 2 aliphatic heterocycles. The maximum Gasteiger partial charge on any atom is 0.255 e. The number of amides is 5. The average molecular weight is 344 g/mol. The molecule has 0 aromatic heterocycles. The number of fused-ring (bicyclic) bond motifs is 1. The topological polar surface area (TPSA) is 139 Å². The fourth-order valence-electron chi connectivity index (χ4n) is 3.06. The van der Waals surface area contributed by atoms with Crippen LogP contribution < -0.4 is 16.4 Å². The molecule has 1 atom stereocenters. The zero-order valence-electron chi connectivity index (χ0n) is 13.2. The molecule has 5 amide bonds. The van der Waals surface area contributed by atoms with Crippen LogP contribution >= 0.6 is 0 Å². The van der Waals surface area contributed by atoms with Gasteiger partial charge in [-0.3, -0.25) is 29.3 Å². The van der Waals surface area contributed by atoms with Gasteiger partial charge < -0.3 is 16.0 Å². The standard InChI is InChI=1S/C16H16N4O5/c17-12(21)6-14(23)18-10-3-1-2-8-9(10)7-20(16(8)25)11-4-5-13(22)19-15(11)24/h1-3,11H,4-7H2,(H2,17,21)(H,18,23)(H,19,22,24). The van der Waals surface area contributed by atoms with Crippen molar-refractivity contribution in [2.75, 3.05) is 5.32 Å². The lowest BCUT2D eigenvalue weighted by atomic mass is 10.0. The van der Waals surface area contributed by atoms with Crippen molar-refractivity contribution in [3.8, 4) is 0 Å². The maximum absolute atomic E-state index is 12.6. The summed E-state index contributed by atoms with van der Waals surface area (Å²) in [6.45, 7) is 0.132. The number of carbonyl (C=O) groups is 5. The molecule has 1 aromatic rings. The Morgan fingerprint density at radius 1 is 1.28 bits per heavy atom. The minimum atomic E-state index is -0.758. The first-order chi connectivity index (χ1) is 11.9. The Labute approximate surface area is 142 Å². The van der Waals surface area contributed by atoms with Crippen LogP contribution in [0, 0.1) is 0 Å². The monoisotopic (exact) mass is 344 g/mol. The van der Waals surface area contributed by atoms with Gasteiger partial charge in [0.1, 0.15) is 12.5 Å². The normalized spacial score (nSPS) is 19.4. The van der Waals surface area contributed by atoms with Crippen molar-refractivity contribution in [2.45, 2.75) is 31.8 Å². The van der Waals surface area contributed by atoms with Gasteiger partial charge in [0.25, 0.3) is 5.91 Å². The van der Waals surface area contributed by atoms with Crippen molar-refractivity contribution in [2.24, 2.45) is 5.73 Å². The number of benzene rings is 1. The predicted octanol–water partition coefficient (Wildman–Crippen LogP) is -0.739. The maximum atomic E-state index is 12.6. The second-order valence-electron chi connectivity index (χ2n) is 5.92. The van der Waals surface area contributed by atoms with Gasteiger partial charge in [-0.25, -0.2) is 0 Å². The first kappa shape index (κ1) is 16.6. The molecule has 1 saturated heterocycles. The van der Waals surface area contributed by atoms with Gasteiger partial charge in [0.05, 0.1) is 0 Å². The highest BCUT2D eigenvalue weighted by Gasteiger charge is 2.39. The van der Waals surface area contributed by atoms with Crippen LogP contribution in [-0.2, 0) is 25.7 Å². The summed E-state index contributed by atoms with van der Waals surface area (Å²) in [7, 11) is 0. The average Bonchev–Trinajstić information content (AvgIpc) is 2.85. The molecule has 130 valence electrons. The Kier molecular flexibility index (Phi) is 4.22. The first-order valence-corrected chi connectivity index (χ1v) is 7.71. The number of hydrogen-bond donors (Lipinski definition) is 3. The van der Waals surface area contributed by atoms with Crippen LogP contribution in [0.3, 0.4) is 0 Å². The summed E-state index contributed by atoms with van der Waals surface area (Å²) in [5, 5.41) is 4.79. The van der Waals surface area contributed by atoms with Gasteiger partial charge in [-0.1, -0.05) is 6.07 Å². The van der Waals surface area contributed by atoms with Crippen molar-refractivity contribution in [3.63, 3.8) is 0 Å². The van der Waals surface area contributed by atoms with Gasteiger partial charge in [0.15, 0.2) is 0 Å². The molecule has 4 N–H and O–H groups in total. The van der Waals surface area contributed by atoms with Gasteiger partial charge >= 0.3 is 0 Å². The zero-order chi connectivity index (χ0) is 18.1. The predicted molar refractivity (Wildman–Crippen MR) is 84.9 cm³/mol. The fourth-order valence-corrected chi connectivity index (χ4v) is 3.06. The van der Waals surface area contributed by atoms with Crippen molar-refractivity contribution < 1.29 is 24.0 Å². The summed E-state index contributed by atoms with van der Waals surface area (Å²) in [5.74, 6) is -2.53. The van der Waals surface area contributed by atoms with E-state index in [1.54, 1.807) is 18.2 Å². The minimum Gasteiger partial charge on any atom is -0.369 e. The second kappa shape index (κ2) is 6.34. The molecule has 9 nitrogen and oxygen atoms in total. The number of piperidine rings is 1. The molecule has 25 heavy (non-hydrogen) atoms. The number of imide groups is 1. The molecule has 1 fully saturated rings. The molecule has 0 radical (unpaired) electrons. The van der Waals surface area contributed by atoms with Gasteiger partial charge in [0.2, 0.25) is 23.6 Å². The van der Waals surface area contributed by atoms with Crippen LogP contribution in [0.4, 0.5) is 5.69 Å². The number of anilines is 1. The molecule has 2 aliphatic rings. The first-order valence-electron chi connectivity index (χ1n) is 7.71. The van der Waals surface area contributed by atoms with Crippen molar-refractivity contribution >= 4 is 35.2 Å². The van der Waals surface area contributed by atoms with E-state index in [4.69, 9.17) is 5.73 Å². The van der Waals surface area contributed by atoms with Crippen LogP contribution in [0.15, 0.2) is 18.2 Å². The summed E-state index contributed by atoms with van der Waals surface area (Å²) in [4.78, 5) is 59.9. The summed E-state index contributed by atoms with van der Waals surface area (Å²) < 4.78 is 0. The van der Waals surface area contributed by atoms with Crippen molar-refractivity contribution in [1.29, 1.82) is 0 Å². The Bertz CT molecular complexity index is 804. The molecular weight excluding hydrogens is 328 g/mol. The lowest BCUT2D eigenvalue weighted by Gasteiger charge is -2.29. The van der Waals surface area contributed by atoms with Gasteiger partial charge in [-0.15, -0.1) is 0 Å². The third-order valence-corrected chi connectivity index (χ3v) is 4.19. The van der Waals surface area contributed by atoms with E-state index in [-0.39, 0.29) is 31.2 Å². The SMILES string of the molecule is NC(=O)CC(=O)Nc1cccc2c1CN(C1CCC(=O)NC1=O)C2=O. The quantitative estimate of drug-likeness (QED) is 0.488. The molecule has 3 rings (SSSR count). The number of nitrogens with one attached hydrogen (secondary N) is 2. The van der Waals surface area contributed by atoms with E-state index >= 15 is 0 Å². The lowest BCUT2D eigenvalue weighted by Crippen LogP contribution is -2.52. The van der Waals surface area contributed by atoms with E-state index in [0.29, 0.717) is 16.8 Å². The number of hydrogen-bond acceptors (Lipinski definition) is 5. The summed E-state index contributed by atoms with van der Waals surface area (Å²) >= 11 is 0. The molecule has 0 spiro atoms. The molecule has 9 heteroatoms. The van der Waals surface area contributed by atoms with Crippen LogP contribution in [-0.4, -0.2) is 40.5 Å². The summed E-state index contributed by atoms with van der Waals surface area (Å²) in [5.41, 5.74) is 6.33. The summed E-state index contributed by atoms with van der Waals surface area (Å²) in [6.07, 6.45) is -0.0407. The van der Waals surface area contributed by atoms with Gasteiger partial charge in [-0.2, -0.15) is 0 Å². The van der Waals surface area contributed by atoms with Crippen LogP contribution in [0.5, 0.6) is 0 Å². The molecule has 1 unspecified atom stereocenters. The number of rotatable bonds is 4. The second-order valence-corrected chi connectivity index (χ2v) is 5.92. The Morgan fingerprint density at radius 2 is 2.04 bits per heavy atom. The third-order valence-electron chi connectivity index (χ3n) is 4.19. The highest BCUT2D eigenvalue weighted by Crippen LogP contribution is 2.32. The molecule has 0 bridgehead atoms. The van der Waals surface area contributed by atoms with Crippen LogP contribution in [0.25, 0.3) is 0 Å². The Balaban J connectivity index is 1.82. The van der Waals surface area contributed by atoms with Gasteiger partial charge in [-0.05, 0) is 18.6 Å². The van der Waals surface area contributed by atoms with E-state index in [1.165, 1.54) is 4.90 Å². The largest absolute Gasteiger partial charge is 0.369 e. The van der Waals surface area contributed by atoms with E-state index in [9.17, 15) is 24.0 Å². The molecular formula is C16H16N4O5. The van der Waals surface area contributed by atoms with Gasteiger partial charge in [0, 0.05) is 29.8 Å². The number of nitrogens with zero attached hydrogens (tertiary/aromatic N) is 1. The smallest absolute Gasteiger partial charge is 0.255 e. The Morgan fingerprint density at radius 3 is 2.72 bits per heavy atom. The highest BCUT2D eigenvalue weighted by atomic mass is 16.2. The lowest BCUT2D eigenvalue weighted by molar-refractivity contribution is -0.137. The van der Waals surface area contributed by atoms with E-state index < -0.39 is 30.2 Å². The molecule has 1 aromatic carbocycles. The minimum absolute atomic E-state index is 0.132. The number of carbonyl (C=O) groups excluding carboxylic acids is 5. The number of nitrogens with two attached hydrogens (primary N) is 1. The van der Waals surface area contributed by atoms with Crippen LogP contribution in [0.1, 0.15) is 35.2 Å². The van der Waals surface area contributed by atoms with Crippen molar-refractivity contribution in [3.05, 3.63) is 29.3 Å². The van der Waals surface area contributed by atoms with E-state index in [0.717, 1.165) is 0 Å². The van der Waals surface area contributed by atoms with Crippen molar-refractivity contribution in [1.82, 2.24) is 10.2 Å².